The van der Waals surface area contributed by atoms with E-state index in [1.807, 2.05) is 78.5 Å². The summed E-state index contributed by atoms with van der Waals surface area (Å²) in [5.41, 5.74) is 2.49. The van der Waals surface area contributed by atoms with Gasteiger partial charge in [-0.2, -0.15) is 0 Å². The number of esters is 1. The number of rotatable bonds is 9. The number of aromatic nitrogens is 2. The van der Waals surface area contributed by atoms with Gasteiger partial charge in [0.1, 0.15) is 22.7 Å². The topological polar surface area (TPSA) is 123 Å². The highest BCUT2D eigenvalue weighted by atomic mass is 32.2. The number of nitrogens with one attached hydrogen (secondary N) is 2. The van der Waals surface area contributed by atoms with E-state index in [0.717, 1.165) is 16.7 Å². The maximum atomic E-state index is 14.2. The summed E-state index contributed by atoms with van der Waals surface area (Å²) in [5, 5.41) is 4.86. The zero-order valence-corrected chi connectivity index (χ0v) is 26.1. The lowest BCUT2D eigenvalue weighted by atomic mass is 10.0. The van der Waals surface area contributed by atoms with Gasteiger partial charge in [0, 0.05) is 11.3 Å². The molecule has 0 saturated carbocycles. The average molecular weight is 619 g/mol. The van der Waals surface area contributed by atoms with E-state index < -0.39 is 41.1 Å². The second-order valence-electron chi connectivity index (χ2n) is 11.6. The van der Waals surface area contributed by atoms with E-state index in [1.54, 1.807) is 32.5 Å². The molecule has 3 aromatic rings. The van der Waals surface area contributed by atoms with E-state index in [0.29, 0.717) is 23.6 Å². The van der Waals surface area contributed by atoms with Crippen LogP contribution in [0.15, 0.2) is 78.1 Å². The summed E-state index contributed by atoms with van der Waals surface area (Å²) in [6.07, 6.45) is 1.06. The van der Waals surface area contributed by atoms with Crippen LogP contribution in [-0.2, 0) is 37.4 Å². The van der Waals surface area contributed by atoms with Crippen LogP contribution in [0.2, 0.25) is 0 Å². The first-order valence-corrected chi connectivity index (χ1v) is 15.3. The number of fused-ring (bicyclic) bond motifs is 1. The standard InChI is InChI=1S/C32H35N5O6S/c1-20-16-36(35(5)27(20)33-19-38)17-23-18-44-29-24(34-31(41)43-32(2,3)4)28(39)37(29)25(23)30(40)42-26(21-12-8-6-9-13-21)22-14-10-7-11-15-22/h6-16,19,24,26,29H,17-18H2,1-5H3,(H,34,41)/p+1/t24-,29-/m1/s1. The summed E-state index contributed by atoms with van der Waals surface area (Å²) in [5.74, 6) is -0.0592. The SMILES string of the molecule is Cc1c[n+](CC2=C(C(=O)OC(c3ccccc3)c3ccccc3)N3C(=O)[C@@H](NC(=O)OC(C)(C)C)[C@H]3SC2)n(C)c1NC=O. The Labute approximate surface area is 260 Å². The molecule has 2 aliphatic rings. The first-order valence-electron chi connectivity index (χ1n) is 14.2. The summed E-state index contributed by atoms with van der Waals surface area (Å²) in [6, 6.07) is 18.0. The van der Waals surface area contributed by atoms with Crippen molar-refractivity contribution in [3.8, 4) is 0 Å². The second kappa shape index (κ2) is 12.6. The molecule has 230 valence electrons. The quantitative estimate of drug-likeness (QED) is 0.163. The van der Waals surface area contributed by atoms with Gasteiger partial charge in [0.05, 0.1) is 12.6 Å². The number of amides is 3. The Kier molecular flexibility index (Phi) is 8.82. The van der Waals surface area contributed by atoms with E-state index in [9.17, 15) is 19.2 Å². The molecule has 3 amide bonds. The molecule has 0 aliphatic carbocycles. The van der Waals surface area contributed by atoms with E-state index in [2.05, 4.69) is 10.6 Å². The molecule has 2 atom stereocenters. The second-order valence-corrected chi connectivity index (χ2v) is 12.7. The van der Waals surface area contributed by atoms with Crippen LogP contribution in [0.4, 0.5) is 10.6 Å². The van der Waals surface area contributed by atoms with Gasteiger partial charge in [-0.05, 0) is 38.8 Å². The number of aryl methyl sites for hydroxylation is 1. The lowest BCUT2D eigenvalue weighted by Gasteiger charge is -2.49. The number of anilines is 1. The van der Waals surface area contributed by atoms with Gasteiger partial charge in [-0.1, -0.05) is 60.7 Å². The summed E-state index contributed by atoms with van der Waals surface area (Å²) >= 11 is 1.45. The number of thioether (sulfide) groups is 1. The average Bonchev–Trinajstić information content (AvgIpc) is 3.25. The van der Waals surface area contributed by atoms with E-state index in [1.165, 1.54) is 16.7 Å². The molecule has 2 aliphatic heterocycles. The molecule has 0 spiro atoms. The highest BCUT2D eigenvalue weighted by Crippen LogP contribution is 2.42. The van der Waals surface area contributed by atoms with Crippen LogP contribution in [0.1, 0.15) is 43.6 Å². The molecule has 12 heteroatoms. The number of carbonyl (C=O) groups excluding carboxylic acids is 4. The van der Waals surface area contributed by atoms with Crippen LogP contribution in [-0.4, -0.2) is 56.7 Å². The van der Waals surface area contributed by atoms with Gasteiger partial charge in [-0.3, -0.25) is 14.5 Å². The van der Waals surface area contributed by atoms with Gasteiger partial charge in [0.2, 0.25) is 12.6 Å². The lowest BCUT2D eigenvalue weighted by Crippen LogP contribution is -2.71. The van der Waals surface area contributed by atoms with Crippen molar-refractivity contribution in [3.05, 3.63) is 94.8 Å². The molecule has 44 heavy (non-hydrogen) atoms. The van der Waals surface area contributed by atoms with Crippen LogP contribution in [0.25, 0.3) is 0 Å². The van der Waals surface area contributed by atoms with Gasteiger partial charge in [0.25, 0.3) is 5.91 Å². The number of nitrogens with zero attached hydrogens (tertiary/aromatic N) is 3. The highest BCUT2D eigenvalue weighted by Gasteiger charge is 2.55. The fourth-order valence-corrected chi connectivity index (χ4v) is 6.68. The van der Waals surface area contributed by atoms with Crippen LogP contribution in [0.5, 0.6) is 0 Å². The monoisotopic (exact) mass is 618 g/mol. The Morgan fingerprint density at radius 2 is 1.70 bits per heavy atom. The fraction of sp³-hybridized carbons (Fsp3) is 0.344. The lowest BCUT2D eigenvalue weighted by molar-refractivity contribution is -0.765. The first kappa shape index (κ1) is 30.9. The Bertz CT molecular complexity index is 1560. The Hall–Kier alpha value is -4.58. The van der Waals surface area contributed by atoms with Crippen molar-refractivity contribution in [2.75, 3.05) is 11.1 Å². The van der Waals surface area contributed by atoms with Gasteiger partial charge < -0.3 is 20.1 Å². The molecule has 0 radical (unpaired) electrons. The van der Waals surface area contributed by atoms with Crippen molar-refractivity contribution < 1.29 is 33.3 Å². The summed E-state index contributed by atoms with van der Waals surface area (Å²) in [4.78, 5) is 52.9. The molecule has 5 rings (SSSR count). The highest BCUT2D eigenvalue weighted by molar-refractivity contribution is 8.00. The first-order chi connectivity index (χ1) is 21.0. The molecular weight excluding hydrogens is 582 g/mol. The number of alkyl carbamates (subject to hydrolysis) is 1. The van der Waals surface area contributed by atoms with Crippen molar-refractivity contribution >= 4 is 42.0 Å². The fourth-order valence-electron chi connectivity index (χ4n) is 5.34. The predicted molar refractivity (Wildman–Crippen MR) is 164 cm³/mol. The number of benzene rings is 2. The molecule has 2 aromatic carbocycles. The van der Waals surface area contributed by atoms with Crippen LogP contribution >= 0.6 is 11.8 Å². The third-order valence-corrected chi connectivity index (χ3v) is 8.66. The maximum Gasteiger partial charge on any atom is 0.408 e. The van der Waals surface area contributed by atoms with Crippen molar-refractivity contribution in [1.29, 1.82) is 0 Å². The van der Waals surface area contributed by atoms with Gasteiger partial charge >= 0.3 is 12.1 Å². The minimum atomic E-state index is -0.855. The number of ether oxygens (including phenoxy) is 2. The van der Waals surface area contributed by atoms with Crippen molar-refractivity contribution in [2.24, 2.45) is 7.05 Å². The zero-order valence-electron chi connectivity index (χ0n) is 25.3. The Morgan fingerprint density at radius 1 is 1.09 bits per heavy atom. The molecular formula is C32H36N5O6S+. The van der Waals surface area contributed by atoms with Gasteiger partial charge in [0.15, 0.2) is 18.5 Å². The van der Waals surface area contributed by atoms with Crippen LogP contribution in [0.3, 0.4) is 0 Å². The molecule has 1 aromatic heterocycles. The Balaban J connectivity index is 1.50. The zero-order chi connectivity index (χ0) is 31.6. The van der Waals surface area contributed by atoms with E-state index in [-0.39, 0.29) is 12.2 Å². The third kappa shape index (κ3) is 6.35. The maximum absolute atomic E-state index is 14.2. The molecule has 3 heterocycles. The molecule has 2 N–H and O–H groups in total. The minimum Gasteiger partial charge on any atom is -0.448 e. The number of carbonyl (C=O) groups is 4. The molecule has 0 bridgehead atoms. The number of β-lactam (4-membered cyclic amide) rings is 1. The van der Waals surface area contributed by atoms with Crippen molar-refractivity contribution in [1.82, 2.24) is 14.9 Å². The summed E-state index contributed by atoms with van der Waals surface area (Å²) < 4.78 is 15.2. The largest absolute Gasteiger partial charge is 0.448 e. The molecule has 0 unspecified atom stereocenters. The molecule has 1 fully saturated rings. The Morgan fingerprint density at radius 3 is 2.27 bits per heavy atom. The van der Waals surface area contributed by atoms with E-state index in [4.69, 9.17) is 9.47 Å². The van der Waals surface area contributed by atoms with Gasteiger partial charge in [-0.25, -0.2) is 9.59 Å². The smallest absolute Gasteiger partial charge is 0.408 e. The number of hydrogen-bond acceptors (Lipinski definition) is 7. The normalized spacial score (nSPS) is 18.0. The summed E-state index contributed by atoms with van der Waals surface area (Å²) in [6.45, 7) is 7.36. The molecule has 1 saturated heterocycles. The predicted octanol–water partition coefficient (Wildman–Crippen LogP) is 3.58. The van der Waals surface area contributed by atoms with Crippen LogP contribution in [0, 0.1) is 6.92 Å². The van der Waals surface area contributed by atoms with Gasteiger partial charge in [-0.15, -0.1) is 21.1 Å². The minimum absolute atomic E-state index is 0.147. The van der Waals surface area contributed by atoms with Crippen LogP contribution < -0.4 is 15.3 Å². The van der Waals surface area contributed by atoms with E-state index >= 15 is 0 Å². The number of hydrogen-bond donors (Lipinski definition) is 2. The van der Waals surface area contributed by atoms with Crippen molar-refractivity contribution in [2.45, 2.75) is 57.4 Å². The van der Waals surface area contributed by atoms with Crippen molar-refractivity contribution in [3.63, 3.8) is 0 Å². The molecule has 11 nitrogen and oxygen atoms in total. The third-order valence-electron chi connectivity index (χ3n) is 7.32. The summed E-state index contributed by atoms with van der Waals surface area (Å²) in [7, 11) is 1.80.